The minimum Gasteiger partial charge on any atom is -0.382 e. The molecule has 0 fully saturated rings. The third kappa shape index (κ3) is 8.35. The zero-order valence-electron chi connectivity index (χ0n) is 10.1. The summed E-state index contributed by atoms with van der Waals surface area (Å²) >= 11 is 0. The van der Waals surface area contributed by atoms with Crippen LogP contribution in [0, 0.1) is 0 Å². The summed E-state index contributed by atoms with van der Waals surface area (Å²) in [5.74, 6) is -0.0701. The van der Waals surface area contributed by atoms with Crippen LogP contribution >= 0.6 is 0 Å². The van der Waals surface area contributed by atoms with Crippen LogP contribution in [0.4, 0.5) is 0 Å². The van der Waals surface area contributed by atoms with Gasteiger partial charge < -0.3 is 10.1 Å². The second-order valence-corrected chi connectivity index (χ2v) is 3.95. The molecule has 0 aliphatic heterocycles. The Balaban J connectivity index is 3.49. The van der Waals surface area contributed by atoms with Gasteiger partial charge in [-0.2, -0.15) is 5.48 Å². The van der Waals surface area contributed by atoms with E-state index in [-0.39, 0.29) is 18.0 Å². The second kappa shape index (κ2) is 7.62. The Labute approximate surface area is 91.5 Å². The Morgan fingerprint density at radius 3 is 2.53 bits per heavy atom. The molecule has 15 heavy (non-hydrogen) atoms. The van der Waals surface area contributed by atoms with Gasteiger partial charge in [-0.3, -0.25) is 9.63 Å². The average Bonchev–Trinajstić information content (AvgIpc) is 2.17. The first-order valence-electron chi connectivity index (χ1n) is 5.16. The lowest BCUT2D eigenvalue weighted by Crippen LogP contribution is -2.46. The summed E-state index contributed by atoms with van der Waals surface area (Å²) in [6.07, 6.45) is 0.892. The van der Waals surface area contributed by atoms with Crippen LogP contribution in [0.2, 0.25) is 0 Å². The van der Waals surface area contributed by atoms with Crippen molar-refractivity contribution in [3.05, 3.63) is 0 Å². The van der Waals surface area contributed by atoms with Gasteiger partial charge in [-0.15, -0.1) is 0 Å². The predicted octanol–water partition coefficient (Wildman–Crippen LogP) is 0.459. The van der Waals surface area contributed by atoms with E-state index < -0.39 is 0 Å². The molecule has 2 N–H and O–H groups in total. The van der Waals surface area contributed by atoms with E-state index in [1.165, 1.54) is 0 Å². The molecule has 0 bridgehead atoms. The number of hydrogen-bond acceptors (Lipinski definition) is 4. The summed E-state index contributed by atoms with van der Waals surface area (Å²) in [5.41, 5.74) is 2.41. The molecule has 90 valence electrons. The second-order valence-electron chi connectivity index (χ2n) is 3.95. The molecular weight excluding hydrogens is 196 g/mol. The van der Waals surface area contributed by atoms with E-state index in [2.05, 4.69) is 10.8 Å². The van der Waals surface area contributed by atoms with Gasteiger partial charge in [0.1, 0.15) is 0 Å². The molecule has 0 aromatic carbocycles. The van der Waals surface area contributed by atoms with E-state index >= 15 is 0 Å². The number of ether oxygens (including phenoxy) is 1. The van der Waals surface area contributed by atoms with E-state index in [1.54, 1.807) is 7.11 Å². The van der Waals surface area contributed by atoms with E-state index in [9.17, 15) is 4.79 Å². The van der Waals surface area contributed by atoms with Crippen molar-refractivity contribution in [3.8, 4) is 0 Å². The van der Waals surface area contributed by atoms with E-state index in [0.29, 0.717) is 13.2 Å². The van der Waals surface area contributed by atoms with Crippen molar-refractivity contribution >= 4 is 5.91 Å². The van der Waals surface area contributed by atoms with Crippen LogP contribution < -0.4 is 10.8 Å². The summed E-state index contributed by atoms with van der Waals surface area (Å²) in [4.78, 5) is 16.3. The Kier molecular flexibility index (Phi) is 7.29. The summed E-state index contributed by atoms with van der Waals surface area (Å²) in [6.45, 7) is 7.10. The number of carbonyl (C=O) groups excluding carboxylic acids is 1. The fourth-order valence-electron chi connectivity index (χ4n) is 0.824. The molecule has 0 rings (SSSR count). The molecule has 0 heterocycles. The highest BCUT2D eigenvalue weighted by molar-refractivity contribution is 5.78. The highest BCUT2D eigenvalue weighted by atomic mass is 16.7. The largest absolute Gasteiger partial charge is 0.382 e. The summed E-state index contributed by atoms with van der Waals surface area (Å²) in [6, 6.07) is 0. The average molecular weight is 218 g/mol. The lowest BCUT2D eigenvalue weighted by molar-refractivity contribution is -0.124. The molecule has 0 aromatic heterocycles. The van der Waals surface area contributed by atoms with Crippen molar-refractivity contribution < 1.29 is 14.4 Å². The quantitative estimate of drug-likeness (QED) is 0.459. The Morgan fingerprint density at radius 2 is 2.00 bits per heavy atom. The number of hydrogen-bond donors (Lipinski definition) is 2. The summed E-state index contributed by atoms with van der Waals surface area (Å²) in [7, 11) is 1.60. The van der Waals surface area contributed by atoms with E-state index in [1.807, 2.05) is 20.8 Å². The molecule has 0 spiro atoms. The zero-order valence-corrected chi connectivity index (χ0v) is 10.1. The molecule has 5 heteroatoms. The Hall–Kier alpha value is -0.650. The Morgan fingerprint density at radius 1 is 1.33 bits per heavy atom. The van der Waals surface area contributed by atoms with Crippen molar-refractivity contribution in [1.82, 2.24) is 10.8 Å². The maximum atomic E-state index is 11.4. The third-order valence-corrected chi connectivity index (χ3v) is 2.09. The van der Waals surface area contributed by atoms with E-state index in [4.69, 9.17) is 9.57 Å². The van der Waals surface area contributed by atoms with Crippen LogP contribution in [-0.2, 0) is 14.4 Å². The maximum Gasteiger partial charge on any atom is 0.236 e. The van der Waals surface area contributed by atoms with Crippen LogP contribution in [0.3, 0.4) is 0 Å². The number of hydroxylamine groups is 1. The highest BCUT2D eigenvalue weighted by Gasteiger charge is 2.17. The van der Waals surface area contributed by atoms with Gasteiger partial charge in [0.15, 0.2) is 0 Å². The molecule has 0 aliphatic carbocycles. The molecule has 1 amide bonds. The number of amides is 1. The first-order valence-corrected chi connectivity index (χ1v) is 5.16. The molecule has 0 radical (unpaired) electrons. The lowest BCUT2D eigenvalue weighted by atomic mass is 10.0. The van der Waals surface area contributed by atoms with Gasteiger partial charge in [0.2, 0.25) is 5.91 Å². The van der Waals surface area contributed by atoms with Gasteiger partial charge in [0.05, 0.1) is 19.8 Å². The fraction of sp³-hybridized carbons (Fsp3) is 0.900. The number of rotatable bonds is 8. The van der Waals surface area contributed by atoms with Crippen molar-refractivity contribution in [3.63, 3.8) is 0 Å². The van der Waals surface area contributed by atoms with Gasteiger partial charge in [-0.1, -0.05) is 6.92 Å². The molecule has 0 saturated carbocycles. The van der Waals surface area contributed by atoms with Crippen molar-refractivity contribution in [2.45, 2.75) is 32.7 Å². The monoisotopic (exact) mass is 218 g/mol. The zero-order chi connectivity index (χ0) is 11.7. The third-order valence-electron chi connectivity index (χ3n) is 2.09. The van der Waals surface area contributed by atoms with Crippen LogP contribution in [0.1, 0.15) is 27.2 Å². The molecule has 0 atom stereocenters. The minimum atomic E-state index is -0.161. The molecule has 0 unspecified atom stereocenters. The minimum absolute atomic E-state index is 0.0701. The molecule has 0 aliphatic rings. The van der Waals surface area contributed by atoms with Gasteiger partial charge in [-0.05, 0) is 20.3 Å². The molecule has 0 aromatic rings. The van der Waals surface area contributed by atoms with Crippen molar-refractivity contribution in [1.29, 1.82) is 0 Å². The van der Waals surface area contributed by atoms with Crippen molar-refractivity contribution in [2.24, 2.45) is 0 Å². The SMILES string of the molecule is CCC(C)(C)NC(=O)CNOCCOC. The molecule has 0 saturated heterocycles. The van der Waals surface area contributed by atoms with Gasteiger partial charge in [0.25, 0.3) is 0 Å². The number of carbonyl (C=O) groups is 1. The van der Waals surface area contributed by atoms with Gasteiger partial charge in [-0.25, -0.2) is 0 Å². The summed E-state index contributed by atoms with van der Waals surface area (Å²) in [5, 5.41) is 2.88. The van der Waals surface area contributed by atoms with Crippen LogP contribution in [0.25, 0.3) is 0 Å². The van der Waals surface area contributed by atoms with E-state index in [0.717, 1.165) is 6.42 Å². The molecule has 5 nitrogen and oxygen atoms in total. The lowest BCUT2D eigenvalue weighted by Gasteiger charge is -2.24. The smallest absolute Gasteiger partial charge is 0.236 e. The first kappa shape index (κ1) is 14.3. The highest BCUT2D eigenvalue weighted by Crippen LogP contribution is 2.05. The standard InChI is InChI=1S/C10H22N2O3/c1-5-10(2,3)12-9(13)8-11-15-7-6-14-4/h11H,5-8H2,1-4H3,(H,12,13). The van der Waals surface area contributed by atoms with Gasteiger partial charge in [0, 0.05) is 12.6 Å². The number of nitrogens with one attached hydrogen (secondary N) is 2. The predicted molar refractivity (Wildman–Crippen MR) is 58.3 cm³/mol. The normalized spacial score (nSPS) is 11.5. The summed E-state index contributed by atoms with van der Waals surface area (Å²) < 4.78 is 4.78. The first-order chi connectivity index (χ1) is 7.02. The maximum absolute atomic E-state index is 11.4. The van der Waals surface area contributed by atoms with Crippen LogP contribution in [-0.4, -0.2) is 38.3 Å². The van der Waals surface area contributed by atoms with Crippen LogP contribution in [0.15, 0.2) is 0 Å². The molecular formula is C10H22N2O3. The van der Waals surface area contributed by atoms with Crippen LogP contribution in [0.5, 0.6) is 0 Å². The fourth-order valence-corrected chi connectivity index (χ4v) is 0.824. The van der Waals surface area contributed by atoms with Gasteiger partial charge >= 0.3 is 0 Å². The Bertz CT molecular complexity index is 184. The van der Waals surface area contributed by atoms with Crippen molar-refractivity contribution in [2.75, 3.05) is 26.9 Å². The topological polar surface area (TPSA) is 59.6 Å². The number of methoxy groups -OCH3 is 1.